The van der Waals surface area contributed by atoms with Crippen LogP contribution in [0.2, 0.25) is 0 Å². The normalized spacial score (nSPS) is 11.3. The summed E-state index contributed by atoms with van der Waals surface area (Å²) in [5, 5.41) is 4.56. The molecule has 2 N–H and O–H groups in total. The summed E-state index contributed by atoms with van der Waals surface area (Å²) in [7, 11) is -1.90. The van der Waals surface area contributed by atoms with E-state index in [0.717, 1.165) is 5.39 Å². The number of hydrogen-bond donors (Lipinski definition) is 2. The first-order chi connectivity index (χ1) is 10.1. The second kappa shape index (κ2) is 9.02. The summed E-state index contributed by atoms with van der Waals surface area (Å²) in [5.41, 5.74) is 0. The van der Waals surface area contributed by atoms with Crippen LogP contribution in [0.5, 0.6) is 0 Å². The van der Waals surface area contributed by atoms with E-state index in [2.05, 4.69) is 15.0 Å². The van der Waals surface area contributed by atoms with E-state index in [0.29, 0.717) is 31.6 Å². The van der Waals surface area contributed by atoms with Crippen LogP contribution in [-0.2, 0) is 14.8 Å². The molecule has 0 amide bonds. The first-order valence-corrected chi connectivity index (χ1v) is 8.15. The number of sulfonamides is 1. The van der Waals surface area contributed by atoms with Crippen molar-refractivity contribution in [2.24, 2.45) is 0 Å². The van der Waals surface area contributed by atoms with Gasteiger partial charge in [-0.15, -0.1) is 12.4 Å². The molecule has 0 atom stereocenters. The molecule has 6 nitrogen and oxygen atoms in total. The van der Waals surface area contributed by atoms with Gasteiger partial charge in [0.1, 0.15) is 0 Å². The van der Waals surface area contributed by atoms with E-state index >= 15 is 0 Å². The van der Waals surface area contributed by atoms with Crippen molar-refractivity contribution in [2.75, 3.05) is 33.4 Å². The van der Waals surface area contributed by atoms with Crippen LogP contribution in [0, 0.1) is 0 Å². The SMILES string of the molecule is COCCNCCNS(=O)(=O)c1cccc2cnccc12.Cl. The van der Waals surface area contributed by atoms with Crippen LogP contribution < -0.4 is 10.0 Å². The number of benzene rings is 1. The van der Waals surface area contributed by atoms with Gasteiger partial charge in [0.15, 0.2) is 0 Å². The number of rotatable bonds is 8. The quantitative estimate of drug-likeness (QED) is 0.702. The second-order valence-corrected chi connectivity index (χ2v) is 6.23. The molecule has 2 aromatic rings. The van der Waals surface area contributed by atoms with Gasteiger partial charge in [0.25, 0.3) is 0 Å². The molecule has 0 saturated heterocycles. The van der Waals surface area contributed by atoms with Gasteiger partial charge in [0, 0.05) is 49.9 Å². The van der Waals surface area contributed by atoms with Crippen molar-refractivity contribution < 1.29 is 13.2 Å². The summed E-state index contributed by atoms with van der Waals surface area (Å²) < 4.78 is 32.2. The lowest BCUT2D eigenvalue weighted by molar-refractivity contribution is 0.199. The van der Waals surface area contributed by atoms with Crippen molar-refractivity contribution >= 4 is 33.2 Å². The summed E-state index contributed by atoms with van der Waals surface area (Å²) >= 11 is 0. The Bertz CT molecular complexity index is 689. The predicted molar refractivity (Wildman–Crippen MR) is 88.9 cm³/mol. The van der Waals surface area contributed by atoms with Gasteiger partial charge in [-0.3, -0.25) is 4.98 Å². The zero-order valence-electron chi connectivity index (χ0n) is 12.3. The molecule has 0 aliphatic rings. The minimum absolute atomic E-state index is 0. The van der Waals surface area contributed by atoms with Gasteiger partial charge in [-0.1, -0.05) is 12.1 Å². The highest BCUT2D eigenvalue weighted by Crippen LogP contribution is 2.21. The first kappa shape index (κ1) is 18.8. The van der Waals surface area contributed by atoms with Gasteiger partial charge in [-0.2, -0.15) is 0 Å². The van der Waals surface area contributed by atoms with E-state index in [1.165, 1.54) is 0 Å². The van der Waals surface area contributed by atoms with Crippen molar-refractivity contribution in [2.45, 2.75) is 4.90 Å². The van der Waals surface area contributed by atoms with Gasteiger partial charge in [-0.25, -0.2) is 13.1 Å². The molecule has 1 aromatic heterocycles. The molecule has 22 heavy (non-hydrogen) atoms. The molecule has 0 bridgehead atoms. The second-order valence-electron chi connectivity index (χ2n) is 4.49. The average Bonchev–Trinajstić information content (AvgIpc) is 2.50. The monoisotopic (exact) mass is 345 g/mol. The summed E-state index contributed by atoms with van der Waals surface area (Å²) in [6.45, 7) is 2.17. The van der Waals surface area contributed by atoms with E-state index in [1.807, 2.05) is 6.07 Å². The number of nitrogens with zero attached hydrogens (tertiary/aromatic N) is 1. The molecular weight excluding hydrogens is 326 g/mol. The van der Waals surface area contributed by atoms with Gasteiger partial charge >= 0.3 is 0 Å². The third-order valence-electron chi connectivity index (χ3n) is 3.01. The van der Waals surface area contributed by atoms with Crippen molar-refractivity contribution in [1.29, 1.82) is 0 Å². The lowest BCUT2D eigenvalue weighted by atomic mass is 10.2. The molecular formula is C14H20ClN3O3S. The van der Waals surface area contributed by atoms with E-state index < -0.39 is 10.0 Å². The zero-order chi connectivity index (χ0) is 15.1. The summed E-state index contributed by atoms with van der Waals surface area (Å²) in [6, 6.07) is 6.87. The number of ether oxygens (including phenoxy) is 1. The number of halogens is 1. The molecule has 1 aromatic carbocycles. The predicted octanol–water partition coefficient (Wildman–Crippen LogP) is 1.17. The van der Waals surface area contributed by atoms with Crippen molar-refractivity contribution in [3.05, 3.63) is 36.7 Å². The fourth-order valence-corrected chi connectivity index (χ4v) is 3.24. The molecule has 0 fully saturated rings. The Morgan fingerprint density at radius 1 is 1.18 bits per heavy atom. The average molecular weight is 346 g/mol. The maximum Gasteiger partial charge on any atom is 0.241 e. The molecule has 0 spiro atoms. The fourth-order valence-electron chi connectivity index (χ4n) is 1.98. The minimum Gasteiger partial charge on any atom is -0.383 e. The molecule has 122 valence electrons. The number of fused-ring (bicyclic) bond motifs is 1. The lowest BCUT2D eigenvalue weighted by Gasteiger charge is -2.10. The van der Waals surface area contributed by atoms with Gasteiger partial charge in [0.05, 0.1) is 11.5 Å². The zero-order valence-corrected chi connectivity index (χ0v) is 13.9. The smallest absolute Gasteiger partial charge is 0.241 e. The highest BCUT2D eigenvalue weighted by atomic mass is 35.5. The first-order valence-electron chi connectivity index (χ1n) is 6.67. The van der Waals surface area contributed by atoms with E-state index in [-0.39, 0.29) is 17.3 Å². The van der Waals surface area contributed by atoms with Crippen LogP contribution in [-0.4, -0.2) is 46.8 Å². The Labute approximate surface area is 136 Å². The molecule has 0 radical (unpaired) electrons. The topological polar surface area (TPSA) is 80.3 Å². The van der Waals surface area contributed by atoms with Gasteiger partial charge < -0.3 is 10.1 Å². The molecule has 1 heterocycles. The molecule has 0 aliphatic heterocycles. The van der Waals surface area contributed by atoms with Crippen molar-refractivity contribution in [1.82, 2.24) is 15.0 Å². The highest BCUT2D eigenvalue weighted by Gasteiger charge is 2.16. The number of nitrogens with one attached hydrogen (secondary N) is 2. The van der Waals surface area contributed by atoms with Crippen molar-refractivity contribution in [3.63, 3.8) is 0 Å². The number of aromatic nitrogens is 1. The van der Waals surface area contributed by atoms with Crippen LogP contribution in [0.25, 0.3) is 10.8 Å². The Morgan fingerprint density at radius 2 is 2.00 bits per heavy atom. The minimum atomic E-state index is -3.53. The summed E-state index contributed by atoms with van der Waals surface area (Å²) in [5.74, 6) is 0. The Kier molecular flexibility index (Phi) is 7.70. The Hall–Kier alpha value is -1.25. The van der Waals surface area contributed by atoms with Crippen LogP contribution in [0.4, 0.5) is 0 Å². The third-order valence-corrected chi connectivity index (χ3v) is 4.53. The van der Waals surface area contributed by atoms with Crippen LogP contribution >= 0.6 is 12.4 Å². The lowest BCUT2D eigenvalue weighted by Crippen LogP contribution is -2.33. The summed E-state index contributed by atoms with van der Waals surface area (Å²) in [6.07, 6.45) is 3.24. The van der Waals surface area contributed by atoms with Crippen LogP contribution in [0.15, 0.2) is 41.6 Å². The van der Waals surface area contributed by atoms with E-state index in [9.17, 15) is 8.42 Å². The Morgan fingerprint density at radius 3 is 2.77 bits per heavy atom. The maximum atomic E-state index is 12.4. The summed E-state index contributed by atoms with van der Waals surface area (Å²) in [4.78, 5) is 4.28. The Balaban J connectivity index is 0.00000242. The largest absolute Gasteiger partial charge is 0.383 e. The van der Waals surface area contributed by atoms with Crippen LogP contribution in [0.1, 0.15) is 0 Å². The number of methoxy groups -OCH3 is 1. The van der Waals surface area contributed by atoms with Crippen LogP contribution in [0.3, 0.4) is 0 Å². The molecule has 0 unspecified atom stereocenters. The van der Waals surface area contributed by atoms with Gasteiger partial charge in [-0.05, 0) is 12.1 Å². The number of hydrogen-bond acceptors (Lipinski definition) is 5. The number of pyridine rings is 1. The molecule has 0 aliphatic carbocycles. The molecule has 0 saturated carbocycles. The fraction of sp³-hybridized carbons (Fsp3) is 0.357. The van der Waals surface area contributed by atoms with Crippen molar-refractivity contribution in [3.8, 4) is 0 Å². The molecule has 2 rings (SSSR count). The third kappa shape index (κ3) is 4.89. The van der Waals surface area contributed by atoms with E-state index in [4.69, 9.17) is 4.74 Å². The highest BCUT2D eigenvalue weighted by molar-refractivity contribution is 7.89. The molecule has 8 heteroatoms. The van der Waals surface area contributed by atoms with E-state index in [1.54, 1.807) is 37.7 Å². The maximum absolute atomic E-state index is 12.4. The van der Waals surface area contributed by atoms with Gasteiger partial charge in [0.2, 0.25) is 10.0 Å². The standard InChI is InChI=1S/C14H19N3O3S.ClH/c1-20-10-9-15-7-8-17-21(18,19)14-4-2-3-12-11-16-6-5-13(12)14;/h2-6,11,15,17H,7-10H2,1H3;1H.